The number of hydrogen-bond donors (Lipinski definition) is 3. The zero-order valence-corrected chi connectivity index (χ0v) is 16.4. The van der Waals surface area contributed by atoms with Crippen molar-refractivity contribution in [2.45, 2.75) is 37.2 Å². The van der Waals surface area contributed by atoms with Crippen molar-refractivity contribution in [3.8, 4) is 0 Å². The third-order valence-electron chi connectivity index (χ3n) is 4.30. The molecule has 1 fully saturated rings. The SMILES string of the molecule is CCS(=O)(=O)N1CCC(NC(=O)NCc2ccc(F)c(S(N)(=O)=O)c2)CC1. The van der Waals surface area contributed by atoms with E-state index >= 15 is 0 Å². The van der Waals surface area contributed by atoms with Gasteiger partial charge in [0.15, 0.2) is 0 Å². The number of benzene rings is 1. The van der Waals surface area contributed by atoms with E-state index < -0.39 is 36.8 Å². The maximum absolute atomic E-state index is 13.5. The molecule has 2 rings (SSSR count). The first-order chi connectivity index (χ1) is 12.5. The zero-order chi connectivity index (χ0) is 20.2. The smallest absolute Gasteiger partial charge is 0.315 e. The predicted octanol–water partition coefficient (Wildman–Crippen LogP) is 0.0864. The summed E-state index contributed by atoms with van der Waals surface area (Å²) in [6.45, 7) is 2.26. The van der Waals surface area contributed by atoms with Crippen LogP contribution in [0.15, 0.2) is 23.1 Å². The minimum absolute atomic E-state index is 0.0162. The van der Waals surface area contributed by atoms with Crippen molar-refractivity contribution in [1.29, 1.82) is 0 Å². The summed E-state index contributed by atoms with van der Waals surface area (Å²) in [7, 11) is -7.42. The minimum atomic E-state index is -4.19. The molecule has 0 radical (unpaired) electrons. The molecule has 0 unspecified atom stereocenters. The number of nitrogens with one attached hydrogen (secondary N) is 2. The number of carbonyl (C=O) groups excluding carboxylic acids is 1. The van der Waals surface area contributed by atoms with Crippen LogP contribution in [-0.4, -0.2) is 52.1 Å². The number of rotatable bonds is 6. The molecule has 2 amide bonds. The number of nitrogens with two attached hydrogens (primary N) is 1. The second-order valence-corrected chi connectivity index (χ2v) is 10.00. The number of urea groups is 1. The molecule has 27 heavy (non-hydrogen) atoms. The van der Waals surface area contributed by atoms with Crippen molar-refractivity contribution >= 4 is 26.1 Å². The lowest BCUT2D eigenvalue weighted by molar-refractivity contribution is 0.227. The molecule has 1 aliphatic heterocycles. The molecule has 0 spiro atoms. The topological polar surface area (TPSA) is 139 Å². The molecular formula is C15H23FN4O5S2. The highest BCUT2D eigenvalue weighted by molar-refractivity contribution is 7.89. The lowest BCUT2D eigenvalue weighted by atomic mass is 10.1. The summed E-state index contributed by atoms with van der Waals surface area (Å²) in [6, 6.07) is 2.74. The fraction of sp³-hybridized carbons (Fsp3) is 0.533. The molecule has 4 N–H and O–H groups in total. The van der Waals surface area contributed by atoms with Crippen LogP contribution in [0.1, 0.15) is 25.3 Å². The van der Waals surface area contributed by atoms with E-state index in [4.69, 9.17) is 5.14 Å². The molecule has 0 atom stereocenters. The highest BCUT2D eigenvalue weighted by Crippen LogP contribution is 2.16. The van der Waals surface area contributed by atoms with Gasteiger partial charge in [0.2, 0.25) is 20.0 Å². The van der Waals surface area contributed by atoms with Gasteiger partial charge in [-0.15, -0.1) is 0 Å². The number of carbonyl (C=O) groups is 1. The molecule has 0 saturated carbocycles. The van der Waals surface area contributed by atoms with Gasteiger partial charge >= 0.3 is 6.03 Å². The van der Waals surface area contributed by atoms with Crippen LogP contribution in [0.4, 0.5) is 9.18 Å². The molecule has 1 saturated heterocycles. The Morgan fingerprint density at radius 2 is 1.89 bits per heavy atom. The van der Waals surface area contributed by atoms with Crippen LogP contribution >= 0.6 is 0 Å². The summed E-state index contributed by atoms with van der Waals surface area (Å²) in [5.41, 5.74) is 0.374. The Morgan fingerprint density at radius 1 is 1.26 bits per heavy atom. The van der Waals surface area contributed by atoms with E-state index in [1.165, 1.54) is 10.4 Å². The highest BCUT2D eigenvalue weighted by Gasteiger charge is 2.27. The van der Waals surface area contributed by atoms with Crippen LogP contribution < -0.4 is 15.8 Å². The maximum atomic E-state index is 13.5. The third-order valence-corrected chi connectivity index (χ3v) is 7.11. The first kappa shape index (κ1) is 21.5. The third kappa shape index (κ3) is 5.86. The van der Waals surface area contributed by atoms with Crippen LogP contribution in [-0.2, 0) is 26.6 Å². The van der Waals surface area contributed by atoms with Gasteiger partial charge in [-0.1, -0.05) is 6.07 Å². The average Bonchev–Trinajstić information content (AvgIpc) is 2.60. The summed E-state index contributed by atoms with van der Waals surface area (Å²) < 4.78 is 61.2. The number of amides is 2. The van der Waals surface area contributed by atoms with Crippen molar-refractivity contribution in [1.82, 2.24) is 14.9 Å². The van der Waals surface area contributed by atoms with Crippen LogP contribution in [0.3, 0.4) is 0 Å². The molecule has 1 heterocycles. The van der Waals surface area contributed by atoms with Gasteiger partial charge in [0.1, 0.15) is 10.7 Å². The number of sulfonamides is 2. The summed E-state index contributed by atoms with van der Waals surface area (Å²) in [5, 5.41) is 10.2. The van der Waals surface area contributed by atoms with E-state index in [1.807, 2.05) is 0 Å². The van der Waals surface area contributed by atoms with Gasteiger partial charge in [-0.3, -0.25) is 0 Å². The van der Waals surface area contributed by atoms with Gasteiger partial charge in [0.05, 0.1) is 5.75 Å². The number of primary sulfonamides is 1. The van der Waals surface area contributed by atoms with Crippen molar-refractivity contribution < 1.29 is 26.0 Å². The zero-order valence-electron chi connectivity index (χ0n) is 14.8. The highest BCUT2D eigenvalue weighted by atomic mass is 32.2. The Kier molecular flexibility index (Phi) is 6.78. The lowest BCUT2D eigenvalue weighted by Gasteiger charge is -2.31. The fourth-order valence-corrected chi connectivity index (χ4v) is 4.54. The van der Waals surface area contributed by atoms with Gasteiger partial charge in [-0.25, -0.2) is 35.5 Å². The molecule has 152 valence electrons. The van der Waals surface area contributed by atoms with E-state index in [0.717, 1.165) is 12.1 Å². The summed E-state index contributed by atoms with van der Waals surface area (Å²) in [5.74, 6) is -0.913. The summed E-state index contributed by atoms with van der Waals surface area (Å²) in [6.07, 6.45) is 0.998. The van der Waals surface area contributed by atoms with E-state index in [0.29, 0.717) is 31.5 Å². The fourth-order valence-electron chi connectivity index (χ4n) is 2.76. The van der Waals surface area contributed by atoms with Gasteiger partial charge in [0.25, 0.3) is 0 Å². The number of nitrogens with zero attached hydrogens (tertiary/aromatic N) is 1. The molecule has 0 bridgehead atoms. The molecule has 1 aromatic carbocycles. The first-order valence-corrected chi connectivity index (χ1v) is 11.5. The van der Waals surface area contributed by atoms with Crippen molar-refractivity contribution in [2.24, 2.45) is 5.14 Å². The second kappa shape index (κ2) is 8.50. The molecule has 9 nitrogen and oxygen atoms in total. The van der Waals surface area contributed by atoms with E-state index in [1.54, 1.807) is 6.92 Å². The quantitative estimate of drug-likeness (QED) is 0.596. The Balaban J connectivity index is 1.86. The minimum Gasteiger partial charge on any atom is -0.335 e. The number of piperidine rings is 1. The van der Waals surface area contributed by atoms with Crippen LogP contribution in [0.5, 0.6) is 0 Å². The molecular weight excluding hydrogens is 399 g/mol. The maximum Gasteiger partial charge on any atom is 0.315 e. The monoisotopic (exact) mass is 422 g/mol. The Morgan fingerprint density at radius 3 is 2.44 bits per heavy atom. The second-order valence-electron chi connectivity index (χ2n) is 6.21. The Labute approximate surface area is 158 Å². The Hall–Kier alpha value is -1.76. The summed E-state index contributed by atoms with van der Waals surface area (Å²) >= 11 is 0. The lowest BCUT2D eigenvalue weighted by Crippen LogP contribution is -2.49. The van der Waals surface area contributed by atoms with Gasteiger partial charge in [-0.05, 0) is 37.5 Å². The van der Waals surface area contributed by atoms with E-state index in [9.17, 15) is 26.0 Å². The van der Waals surface area contributed by atoms with Gasteiger partial charge in [-0.2, -0.15) is 0 Å². The van der Waals surface area contributed by atoms with E-state index in [-0.39, 0.29) is 18.3 Å². The molecule has 1 aliphatic rings. The number of hydrogen-bond acceptors (Lipinski definition) is 5. The molecule has 1 aromatic rings. The molecule has 12 heteroatoms. The van der Waals surface area contributed by atoms with Gasteiger partial charge < -0.3 is 10.6 Å². The van der Waals surface area contributed by atoms with Crippen LogP contribution in [0.2, 0.25) is 0 Å². The van der Waals surface area contributed by atoms with Crippen molar-refractivity contribution in [3.05, 3.63) is 29.6 Å². The number of halogens is 1. The largest absolute Gasteiger partial charge is 0.335 e. The van der Waals surface area contributed by atoms with Crippen molar-refractivity contribution in [2.75, 3.05) is 18.8 Å². The van der Waals surface area contributed by atoms with Gasteiger partial charge in [0, 0.05) is 25.7 Å². The molecule has 0 aromatic heterocycles. The average molecular weight is 423 g/mol. The first-order valence-electron chi connectivity index (χ1n) is 8.36. The standard InChI is InChI=1S/C15H23FN4O5S2/c1-2-26(22,23)20-7-5-12(6-8-20)19-15(21)18-10-11-3-4-13(16)14(9-11)27(17,24)25/h3-4,9,12H,2,5-8,10H2,1H3,(H2,17,24,25)(H2,18,19,21). The summed E-state index contributed by atoms with van der Waals surface area (Å²) in [4.78, 5) is 11.4. The predicted molar refractivity (Wildman–Crippen MR) is 97.2 cm³/mol. The van der Waals surface area contributed by atoms with Crippen LogP contribution in [0.25, 0.3) is 0 Å². The van der Waals surface area contributed by atoms with Crippen molar-refractivity contribution in [3.63, 3.8) is 0 Å². The molecule has 0 aliphatic carbocycles. The normalized spacial score (nSPS) is 16.9. The van der Waals surface area contributed by atoms with E-state index in [2.05, 4.69) is 10.6 Å². The Bertz CT molecular complexity index is 897. The van der Waals surface area contributed by atoms with Crippen LogP contribution in [0, 0.1) is 5.82 Å².